The van der Waals surface area contributed by atoms with E-state index in [1.165, 1.54) is 0 Å². The van der Waals surface area contributed by atoms with Crippen LogP contribution in [0.2, 0.25) is 0 Å². The number of nitrogens with one attached hydrogen (secondary N) is 1. The predicted octanol–water partition coefficient (Wildman–Crippen LogP) is 2.43. The van der Waals surface area contributed by atoms with Crippen molar-refractivity contribution in [3.63, 3.8) is 0 Å². The number of nitrogens with zero attached hydrogens (tertiary/aromatic N) is 2. The molecule has 22 heavy (non-hydrogen) atoms. The molecule has 1 aromatic heterocycles. The maximum atomic E-state index is 12.3. The van der Waals surface area contributed by atoms with Crippen molar-refractivity contribution in [2.75, 3.05) is 6.54 Å². The van der Waals surface area contributed by atoms with E-state index in [1.54, 1.807) is 20.0 Å². The van der Waals surface area contributed by atoms with E-state index in [2.05, 4.69) is 10.4 Å². The molecule has 1 amide bonds. The third-order valence-electron chi connectivity index (χ3n) is 3.70. The maximum absolute atomic E-state index is 12.3. The summed E-state index contributed by atoms with van der Waals surface area (Å²) in [7, 11) is 0. The molecular formula is C16H27N3O3. The van der Waals surface area contributed by atoms with Gasteiger partial charge in [-0.25, -0.2) is 0 Å². The molecule has 0 atom stereocenters. The SMILES string of the molecule is CCc1c(C(=O)NCCC(C)(C)C(=O)O)cnn1C(C)(C)C. The summed E-state index contributed by atoms with van der Waals surface area (Å²) in [6, 6.07) is 0. The van der Waals surface area contributed by atoms with Gasteiger partial charge in [-0.1, -0.05) is 6.92 Å². The molecule has 0 aliphatic heterocycles. The van der Waals surface area contributed by atoms with Crippen LogP contribution < -0.4 is 5.32 Å². The first-order valence-electron chi connectivity index (χ1n) is 7.59. The summed E-state index contributed by atoms with van der Waals surface area (Å²) >= 11 is 0. The quantitative estimate of drug-likeness (QED) is 0.845. The highest BCUT2D eigenvalue weighted by Crippen LogP contribution is 2.21. The highest BCUT2D eigenvalue weighted by Gasteiger charge is 2.27. The van der Waals surface area contributed by atoms with Crippen LogP contribution in [0.4, 0.5) is 0 Å². The van der Waals surface area contributed by atoms with Gasteiger partial charge in [0.1, 0.15) is 0 Å². The van der Waals surface area contributed by atoms with Gasteiger partial charge in [0.05, 0.1) is 28.4 Å². The summed E-state index contributed by atoms with van der Waals surface area (Å²) in [6.07, 6.45) is 2.67. The van der Waals surface area contributed by atoms with Crippen LogP contribution in [0.5, 0.6) is 0 Å². The average molecular weight is 309 g/mol. The second kappa shape index (κ2) is 6.50. The molecule has 124 valence electrons. The molecule has 0 saturated heterocycles. The Kier molecular flexibility index (Phi) is 5.38. The van der Waals surface area contributed by atoms with Crippen LogP contribution in [-0.2, 0) is 16.8 Å². The Bertz CT molecular complexity index is 553. The zero-order valence-corrected chi connectivity index (χ0v) is 14.4. The van der Waals surface area contributed by atoms with E-state index in [0.29, 0.717) is 24.9 Å². The second-order valence-electron chi connectivity index (χ2n) is 7.14. The van der Waals surface area contributed by atoms with E-state index in [0.717, 1.165) is 5.69 Å². The molecule has 6 heteroatoms. The first kappa shape index (κ1) is 18.2. The molecule has 0 aliphatic rings. The zero-order chi connectivity index (χ0) is 17.1. The number of carboxylic acids is 1. The van der Waals surface area contributed by atoms with E-state index in [4.69, 9.17) is 5.11 Å². The molecule has 6 nitrogen and oxygen atoms in total. The average Bonchev–Trinajstić information content (AvgIpc) is 2.81. The van der Waals surface area contributed by atoms with Gasteiger partial charge in [0.2, 0.25) is 0 Å². The monoisotopic (exact) mass is 309 g/mol. The van der Waals surface area contributed by atoms with Crippen LogP contribution in [0.1, 0.15) is 64.0 Å². The fraction of sp³-hybridized carbons (Fsp3) is 0.688. The Balaban J connectivity index is 2.79. The van der Waals surface area contributed by atoms with Crippen LogP contribution in [0, 0.1) is 5.41 Å². The highest BCUT2D eigenvalue weighted by molar-refractivity contribution is 5.95. The fourth-order valence-corrected chi connectivity index (χ4v) is 2.17. The van der Waals surface area contributed by atoms with Crippen LogP contribution in [0.3, 0.4) is 0 Å². The molecule has 1 rings (SSSR count). The molecule has 0 fully saturated rings. The van der Waals surface area contributed by atoms with Crippen molar-refractivity contribution >= 4 is 11.9 Å². The molecule has 0 aliphatic carbocycles. The predicted molar refractivity (Wildman–Crippen MR) is 85.0 cm³/mol. The van der Waals surface area contributed by atoms with Crippen molar-refractivity contribution in [1.29, 1.82) is 0 Å². The summed E-state index contributed by atoms with van der Waals surface area (Å²) in [6.45, 7) is 11.7. The number of rotatable bonds is 6. The Morgan fingerprint density at radius 1 is 1.27 bits per heavy atom. The number of aromatic nitrogens is 2. The third-order valence-corrected chi connectivity index (χ3v) is 3.70. The van der Waals surface area contributed by atoms with Crippen molar-refractivity contribution in [3.8, 4) is 0 Å². The van der Waals surface area contributed by atoms with Crippen molar-refractivity contribution in [3.05, 3.63) is 17.5 Å². The van der Waals surface area contributed by atoms with Gasteiger partial charge >= 0.3 is 5.97 Å². The number of carbonyl (C=O) groups is 2. The molecule has 0 saturated carbocycles. The largest absolute Gasteiger partial charge is 0.481 e. The number of hydrogen-bond acceptors (Lipinski definition) is 3. The zero-order valence-electron chi connectivity index (χ0n) is 14.4. The van der Waals surface area contributed by atoms with E-state index in [9.17, 15) is 9.59 Å². The van der Waals surface area contributed by atoms with Crippen molar-refractivity contribution < 1.29 is 14.7 Å². The summed E-state index contributed by atoms with van der Waals surface area (Å²) < 4.78 is 1.86. The normalized spacial score (nSPS) is 12.3. The minimum absolute atomic E-state index is 0.185. The lowest BCUT2D eigenvalue weighted by Gasteiger charge is -2.22. The number of carbonyl (C=O) groups excluding carboxylic acids is 1. The topological polar surface area (TPSA) is 84.2 Å². The van der Waals surface area contributed by atoms with Gasteiger partial charge in [0, 0.05) is 6.54 Å². The maximum Gasteiger partial charge on any atom is 0.309 e. The number of hydrogen-bond donors (Lipinski definition) is 2. The summed E-state index contributed by atoms with van der Waals surface area (Å²) in [5, 5.41) is 16.2. The molecule has 1 heterocycles. The number of amides is 1. The van der Waals surface area contributed by atoms with Gasteiger partial charge in [-0.15, -0.1) is 0 Å². The molecular weight excluding hydrogens is 282 g/mol. The number of carboxylic acid groups (broad SMARTS) is 1. The molecule has 0 bridgehead atoms. The van der Waals surface area contributed by atoms with E-state index < -0.39 is 11.4 Å². The van der Waals surface area contributed by atoms with Gasteiger partial charge in [-0.2, -0.15) is 5.10 Å². The Hall–Kier alpha value is -1.85. The van der Waals surface area contributed by atoms with Crippen molar-refractivity contribution in [2.24, 2.45) is 5.41 Å². The second-order valence-corrected chi connectivity index (χ2v) is 7.14. The standard InChI is InChI=1S/C16H27N3O3/c1-7-12-11(10-18-19(12)15(2,3)4)13(20)17-9-8-16(5,6)14(21)22/h10H,7-9H2,1-6H3,(H,17,20)(H,21,22). The Morgan fingerprint density at radius 2 is 1.86 bits per heavy atom. The van der Waals surface area contributed by atoms with E-state index >= 15 is 0 Å². The van der Waals surface area contributed by atoms with E-state index in [-0.39, 0.29) is 11.4 Å². The van der Waals surface area contributed by atoms with Gasteiger partial charge in [0.15, 0.2) is 0 Å². The lowest BCUT2D eigenvalue weighted by molar-refractivity contribution is -0.147. The molecule has 2 N–H and O–H groups in total. The van der Waals surface area contributed by atoms with Crippen molar-refractivity contribution in [2.45, 2.75) is 59.9 Å². The van der Waals surface area contributed by atoms with E-state index in [1.807, 2.05) is 32.4 Å². The smallest absolute Gasteiger partial charge is 0.309 e. The van der Waals surface area contributed by atoms with Gasteiger partial charge in [-0.05, 0) is 47.5 Å². The van der Waals surface area contributed by atoms with Crippen LogP contribution in [0.15, 0.2) is 6.20 Å². The fourth-order valence-electron chi connectivity index (χ4n) is 2.17. The van der Waals surface area contributed by atoms with Crippen LogP contribution >= 0.6 is 0 Å². The lowest BCUT2D eigenvalue weighted by atomic mass is 9.90. The van der Waals surface area contributed by atoms with Gasteiger partial charge < -0.3 is 10.4 Å². The number of aliphatic carboxylic acids is 1. The highest BCUT2D eigenvalue weighted by atomic mass is 16.4. The third kappa shape index (κ3) is 4.08. The summed E-state index contributed by atoms with van der Waals surface area (Å²) in [5.41, 5.74) is 0.416. The summed E-state index contributed by atoms with van der Waals surface area (Å²) in [5.74, 6) is -1.06. The van der Waals surface area contributed by atoms with Crippen LogP contribution in [-0.4, -0.2) is 33.3 Å². The van der Waals surface area contributed by atoms with Gasteiger partial charge in [0.25, 0.3) is 5.91 Å². The molecule has 0 spiro atoms. The van der Waals surface area contributed by atoms with Gasteiger partial charge in [-0.3, -0.25) is 14.3 Å². The molecule has 0 unspecified atom stereocenters. The molecule has 1 aromatic rings. The molecule has 0 aromatic carbocycles. The minimum atomic E-state index is -0.864. The van der Waals surface area contributed by atoms with Crippen molar-refractivity contribution in [1.82, 2.24) is 15.1 Å². The minimum Gasteiger partial charge on any atom is -0.481 e. The summed E-state index contributed by atoms with van der Waals surface area (Å²) in [4.78, 5) is 23.4. The lowest BCUT2D eigenvalue weighted by Crippen LogP contribution is -2.32. The Labute approximate surface area is 131 Å². The molecule has 0 radical (unpaired) electrons. The van der Waals surface area contributed by atoms with Crippen LogP contribution in [0.25, 0.3) is 0 Å². The first-order valence-corrected chi connectivity index (χ1v) is 7.59. The Morgan fingerprint density at radius 3 is 2.32 bits per heavy atom. The first-order chi connectivity index (χ1) is 10.0.